The predicted molar refractivity (Wildman–Crippen MR) is 55.9 cm³/mol. The number of ketones is 1. The largest absolute Gasteiger partial charge is 0.383 e. The summed E-state index contributed by atoms with van der Waals surface area (Å²) in [4.78, 5) is 12.0. The van der Waals surface area contributed by atoms with Crippen molar-refractivity contribution in [3.8, 4) is 0 Å². The molecule has 1 spiro atoms. The molecule has 1 fully saturated rings. The Hall–Kier alpha value is -1.02. The van der Waals surface area contributed by atoms with Gasteiger partial charge in [0.2, 0.25) is 0 Å². The van der Waals surface area contributed by atoms with Crippen LogP contribution in [0.5, 0.6) is 0 Å². The number of anilines is 1. The maximum absolute atomic E-state index is 12.0. The number of benzene rings is 1. The standard InChI is InChI=1S/C11H10ClNO/c12-7-1-2-8-9(5-7)13-6-11(3-4-11)10(8)14/h1-2,5,13H,3-4,6H2. The van der Waals surface area contributed by atoms with Crippen molar-refractivity contribution in [2.75, 3.05) is 11.9 Å². The van der Waals surface area contributed by atoms with Gasteiger partial charge in [-0.2, -0.15) is 0 Å². The molecule has 2 nitrogen and oxygen atoms in total. The molecule has 1 aliphatic carbocycles. The van der Waals surface area contributed by atoms with E-state index in [-0.39, 0.29) is 5.41 Å². The molecule has 0 bridgehead atoms. The highest BCUT2D eigenvalue weighted by atomic mass is 35.5. The van der Waals surface area contributed by atoms with Crippen LogP contribution in [0.15, 0.2) is 18.2 Å². The van der Waals surface area contributed by atoms with Crippen LogP contribution in [-0.4, -0.2) is 12.3 Å². The molecular weight excluding hydrogens is 198 g/mol. The average molecular weight is 208 g/mol. The Labute approximate surface area is 87.3 Å². The molecule has 1 N–H and O–H groups in total. The van der Waals surface area contributed by atoms with E-state index in [2.05, 4.69) is 5.32 Å². The molecule has 0 unspecified atom stereocenters. The molecule has 3 heteroatoms. The lowest BCUT2D eigenvalue weighted by Crippen LogP contribution is -2.30. The predicted octanol–water partition coefficient (Wildman–Crippen LogP) is 2.73. The van der Waals surface area contributed by atoms with E-state index in [1.807, 2.05) is 12.1 Å². The monoisotopic (exact) mass is 207 g/mol. The van der Waals surface area contributed by atoms with Crippen molar-refractivity contribution >= 4 is 23.1 Å². The Balaban J connectivity index is 2.12. The zero-order valence-corrected chi connectivity index (χ0v) is 8.40. The van der Waals surface area contributed by atoms with Crippen molar-refractivity contribution in [2.24, 2.45) is 5.41 Å². The third kappa shape index (κ3) is 1.01. The highest BCUT2D eigenvalue weighted by Gasteiger charge is 2.52. The number of halogens is 1. The Morgan fingerprint density at radius 3 is 2.86 bits per heavy atom. The van der Waals surface area contributed by atoms with Gasteiger partial charge in [0.25, 0.3) is 0 Å². The molecule has 3 rings (SSSR count). The smallest absolute Gasteiger partial charge is 0.172 e. The van der Waals surface area contributed by atoms with Gasteiger partial charge in [-0.3, -0.25) is 4.79 Å². The van der Waals surface area contributed by atoms with E-state index in [9.17, 15) is 4.79 Å². The van der Waals surface area contributed by atoms with Crippen molar-refractivity contribution in [1.29, 1.82) is 0 Å². The van der Waals surface area contributed by atoms with Gasteiger partial charge in [-0.25, -0.2) is 0 Å². The fraction of sp³-hybridized carbons (Fsp3) is 0.364. The highest BCUT2D eigenvalue weighted by Crippen LogP contribution is 2.51. The van der Waals surface area contributed by atoms with Crippen LogP contribution < -0.4 is 5.32 Å². The fourth-order valence-corrected chi connectivity index (χ4v) is 2.22. The van der Waals surface area contributed by atoms with Gasteiger partial charge in [0, 0.05) is 22.8 Å². The van der Waals surface area contributed by atoms with E-state index in [0.717, 1.165) is 30.6 Å². The van der Waals surface area contributed by atoms with Gasteiger partial charge in [0.15, 0.2) is 5.78 Å². The maximum atomic E-state index is 12.0. The third-order valence-corrected chi connectivity index (χ3v) is 3.41. The van der Waals surface area contributed by atoms with Gasteiger partial charge in [0.05, 0.1) is 5.41 Å². The number of hydrogen-bond acceptors (Lipinski definition) is 2. The van der Waals surface area contributed by atoms with Crippen LogP contribution in [0, 0.1) is 5.41 Å². The van der Waals surface area contributed by atoms with Crippen LogP contribution in [0.1, 0.15) is 23.2 Å². The van der Waals surface area contributed by atoms with Crippen molar-refractivity contribution in [2.45, 2.75) is 12.8 Å². The molecule has 1 saturated carbocycles. The first-order valence-electron chi connectivity index (χ1n) is 4.80. The summed E-state index contributed by atoms with van der Waals surface area (Å²) in [6, 6.07) is 5.43. The van der Waals surface area contributed by atoms with Gasteiger partial charge in [-0.1, -0.05) is 11.6 Å². The number of hydrogen-bond donors (Lipinski definition) is 1. The summed E-state index contributed by atoms with van der Waals surface area (Å²) >= 11 is 5.86. The van der Waals surface area contributed by atoms with Gasteiger partial charge in [0.1, 0.15) is 0 Å². The summed E-state index contributed by atoms with van der Waals surface area (Å²) in [5.41, 5.74) is 1.62. The van der Waals surface area contributed by atoms with Crippen LogP contribution in [0.2, 0.25) is 5.02 Å². The summed E-state index contributed by atoms with van der Waals surface area (Å²) in [7, 11) is 0. The van der Waals surface area contributed by atoms with E-state index < -0.39 is 0 Å². The van der Waals surface area contributed by atoms with E-state index in [4.69, 9.17) is 11.6 Å². The number of carbonyl (C=O) groups is 1. The number of Topliss-reactive ketones (excluding diaryl/α,β-unsaturated/α-hetero) is 1. The quantitative estimate of drug-likeness (QED) is 0.709. The van der Waals surface area contributed by atoms with E-state index in [1.54, 1.807) is 6.07 Å². The molecule has 0 aromatic heterocycles. The molecule has 0 atom stereocenters. The van der Waals surface area contributed by atoms with Gasteiger partial charge in [-0.05, 0) is 31.0 Å². The molecular formula is C11H10ClNO. The van der Waals surface area contributed by atoms with Gasteiger partial charge in [-0.15, -0.1) is 0 Å². The Kier molecular flexibility index (Phi) is 1.49. The average Bonchev–Trinajstić information content (AvgIpc) is 2.93. The molecule has 1 heterocycles. The molecule has 0 radical (unpaired) electrons. The highest BCUT2D eigenvalue weighted by molar-refractivity contribution is 6.31. The number of nitrogens with one attached hydrogen (secondary N) is 1. The lowest BCUT2D eigenvalue weighted by Gasteiger charge is -2.24. The number of carbonyl (C=O) groups excluding carboxylic acids is 1. The van der Waals surface area contributed by atoms with E-state index >= 15 is 0 Å². The van der Waals surface area contributed by atoms with E-state index in [1.165, 1.54) is 0 Å². The maximum Gasteiger partial charge on any atom is 0.172 e. The van der Waals surface area contributed by atoms with E-state index in [0.29, 0.717) is 10.8 Å². The first-order valence-corrected chi connectivity index (χ1v) is 5.17. The SMILES string of the molecule is O=C1c2ccc(Cl)cc2NCC12CC2. The van der Waals surface area contributed by atoms with Crippen LogP contribution in [0.25, 0.3) is 0 Å². The molecule has 1 aromatic carbocycles. The lowest BCUT2D eigenvalue weighted by atomic mass is 9.90. The summed E-state index contributed by atoms with van der Waals surface area (Å²) in [5, 5.41) is 3.96. The second kappa shape index (κ2) is 2.51. The molecule has 1 aromatic rings. The summed E-state index contributed by atoms with van der Waals surface area (Å²) in [5.74, 6) is 0.294. The number of rotatable bonds is 0. The van der Waals surface area contributed by atoms with Crippen molar-refractivity contribution in [3.05, 3.63) is 28.8 Å². The van der Waals surface area contributed by atoms with Gasteiger partial charge >= 0.3 is 0 Å². The number of fused-ring (bicyclic) bond motifs is 1. The molecule has 1 aliphatic heterocycles. The molecule has 0 amide bonds. The molecule has 72 valence electrons. The van der Waals surface area contributed by atoms with Crippen LogP contribution in [0.4, 0.5) is 5.69 Å². The second-order valence-electron chi connectivity index (χ2n) is 4.15. The lowest BCUT2D eigenvalue weighted by molar-refractivity contribution is 0.0903. The summed E-state index contributed by atoms with van der Waals surface area (Å²) in [6.45, 7) is 0.777. The summed E-state index contributed by atoms with van der Waals surface area (Å²) < 4.78 is 0. The van der Waals surface area contributed by atoms with Crippen LogP contribution in [-0.2, 0) is 0 Å². The zero-order valence-electron chi connectivity index (χ0n) is 7.64. The fourth-order valence-electron chi connectivity index (χ4n) is 2.05. The topological polar surface area (TPSA) is 29.1 Å². The molecule has 14 heavy (non-hydrogen) atoms. The normalized spacial score (nSPS) is 21.6. The minimum Gasteiger partial charge on any atom is -0.383 e. The zero-order chi connectivity index (χ0) is 9.76. The first kappa shape index (κ1) is 8.30. The molecule has 0 saturated heterocycles. The van der Waals surface area contributed by atoms with Crippen LogP contribution in [0.3, 0.4) is 0 Å². The summed E-state index contributed by atoms with van der Waals surface area (Å²) in [6.07, 6.45) is 2.06. The Morgan fingerprint density at radius 2 is 2.14 bits per heavy atom. The second-order valence-corrected chi connectivity index (χ2v) is 4.59. The van der Waals surface area contributed by atoms with Crippen molar-refractivity contribution < 1.29 is 4.79 Å². The molecule has 2 aliphatic rings. The Bertz CT molecular complexity index is 423. The van der Waals surface area contributed by atoms with Gasteiger partial charge < -0.3 is 5.32 Å². The van der Waals surface area contributed by atoms with Crippen LogP contribution >= 0.6 is 11.6 Å². The van der Waals surface area contributed by atoms with Crippen molar-refractivity contribution in [1.82, 2.24) is 0 Å². The first-order chi connectivity index (χ1) is 6.71. The minimum absolute atomic E-state index is 0.0686. The Morgan fingerprint density at radius 1 is 1.36 bits per heavy atom. The third-order valence-electron chi connectivity index (χ3n) is 3.18. The van der Waals surface area contributed by atoms with Crippen molar-refractivity contribution in [3.63, 3.8) is 0 Å². The minimum atomic E-state index is -0.0686.